The number of anilines is 1. The zero-order valence-corrected chi connectivity index (χ0v) is 13.0. The van der Waals surface area contributed by atoms with Gasteiger partial charge in [0.2, 0.25) is 11.8 Å². The summed E-state index contributed by atoms with van der Waals surface area (Å²) >= 11 is 6.52. The van der Waals surface area contributed by atoms with Crippen molar-refractivity contribution in [3.63, 3.8) is 0 Å². The molecule has 0 saturated carbocycles. The minimum absolute atomic E-state index is 0.0184. The molecule has 2 amide bonds. The van der Waals surface area contributed by atoms with E-state index in [1.807, 2.05) is 38.1 Å². The van der Waals surface area contributed by atoms with Gasteiger partial charge in [-0.05, 0) is 25.0 Å². The van der Waals surface area contributed by atoms with E-state index in [-0.39, 0.29) is 23.6 Å². The van der Waals surface area contributed by atoms with Crippen molar-refractivity contribution < 1.29 is 9.59 Å². The van der Waals surface area contributed by atoms with Crippen LogP contribution in [0.2, 0.25) is 0 Å². The van der Waals surface area contributed by atoms with Gasteiger partial charge in [-0.2, -0.15) is 0 Å². The van der Waals surface area contributed by atoms with Crippen LogP contribution in [-0.4, -0.2) is 32.8 Å². The quantitative estimate of drug-likeness (QED) is 0.869. The number of benzene rings is 1. The number of hydrogen-bond donors (Lipinski definition) is 1. The van der Waals surface area contributed by atoms with E-state index >= 15 is 0 Å². The Hall–Kier alpha value is -1.40. The van der Waals surface area contributed by atoms with E-state index in [1.165, 1.54) is 16.7 Å². The maximum Gasteiger partial charge on any atom is 0.244 e. The van der Waals surface area contributed by atoms with Gasteiger partial charge in [-0.3, -0.25) is 14.5 Å². The average Bonchev–Trinajstić information content (AvgIpc) is 2.69. The molecule has 1 aliphatic heterocycles. The van der Waals surface area contributed by atoms with Crippen molar-refractivity contribution in [3.8, 4) is 0 Å². The third-order valence-electron chi connectivity index (χ3n) is 3.10. The smallest absolute Gasteiger partial charge is 0.244 e. The molecular weight excluding hydrogens is 292 g/mol. The Kier molecular flexibility index (Phi) is 4.77. The second-order valence-corrected chi connectivity index (χ2v) is 6.40. The first-order valence-electron chi connectivity index (χ1n) is 6.40. The summed E-state index contributed by atoms with van der Waals surface area (Å²) in [6.45, 7) is 3.84. The molecule has 20 heavy (non-hydrogen) atoms. The Balaban J connectivity index is 2.00. The zero-order valence-electron chi connectivity index (χ0n) is 11.4. The maximum atomic E-state index is 12.0. The summed E-state index contributed by atoms with van der Waals surface area (Å²) in [6, 6.07) is 7.52. The van der Waals surface area contributed by atoms with Crippen LogP contribution in [0.5, 0.6) is 0 Å². The molecule has 1 N–H and O–H groups in total. The first kappa shape index (κ1) is 15.0. The van der Waals surface area contributed by atoms with Crippen LogP contribution in [-0.2, 0) is 9.59 Å². The van der Waals surface area contributed by atoms with Crippen molar-refractivity contribution in [2.75, 3.05) is 11.9 Å². The van der Waals surface area contributed by atoms with Gasteiger partial charge in [-0.1, -0.05) is 49.1 Å². The highest BCUT2D eigenvalue weighted by Gasteiger charge is 2.36. The van der Waals surface area contributed by atoms with Crippen LogP contribution < -0.4 is 5.32 Å². The highest BCUT2D eigenvalue weighted by molar-refractivity contribution is 8.24. The number of nitrogens with one attached hydrogen (secondary N) is 1. The van der Waals surface area contributed by atoms with E-state index in [0.717, 1.165) is 17.7 Å². The van der Waals surface area contributed by atoms with E-state index in [0.29, 0.717) is 4.32 Å². The molecule has 1 heterocycles. The van der Waals surface area contributed by atoms with Gasteiger partial charge in [0.25, 0.3) is 0 Å². The first-order chi connectivity index (χ1) is 9.52. The second-order valence-electron chi connectivity index (χ2n) is 4.57. The molecule has 1 aromatic carbocycles. The molecule has 0 aromatic heterocycles. The molecular formula is C14H16N2O2S2. The SMILES string of the molecule is CCC1SC(=S)N(CC(=O)Nc2ccccc2C)C1=O. The van der Waals surface area contributed by atoms with E-state index in [9.17, 15) is 9.59 Å². The molecule has 1 unspecified atom stereocenters. The predicted octanol–water partition coefficient (Wildman–Crippen LogP) is 2.57. The second kappa shape index (κ2) is 6.37. The number of carbonyl (C=O) groups excluding carboxylic acids is 2. The Morgan fingerprint density at radius 3 is 2.75 bits per heavy atom. The number of rotatable bonds is 4. The summed E-state index contributed by atoms with van der Waals surface area (Å²) < 4.78 is 0.488. The van der Waals surface area contributed by atoms with Crippen LogP contribution in [0, 0.1) is 6.92 Å². The van der Waals surface area contributed by atoms with E-state index in [4.69, 9.17) is 12.2 Å². The van der Waals surface area contributed by atoms with Gasteiger partial charge in [0.05, 0.1) is 5.25 Å². The molecule has 6 heteroatoms. The molecule has 1 aromatic rings. The fraction of sp³-hybridized carbons (Fsp3) is 0.357. The molecule has 1 fully saturated rings. The number of amides is 2. The van der Waals surface area contributed by atoms with Gasteiger partial charge in [-0.15, -0.1) is 0 Å². The van der Waals surface area contributed by atoms with Crippen molar-refractivity contribution in [1.82, 2.24) is 4.90 Å². The molecule has 2 rings (SSSR count). The van der Waals surface area contributed by atoms with Gasteiger partial charge in [0.1, 0.15) is 10.9 Å². The van der Waals surface area contributed by atoms with Crippen LogP contribution in [0.25, 0.3) is 0 Å². The molecule has 1 saturated heterocycles. The molecule has 0 aliphatic carbocycles. The first-order valence-corrected chi connectivity index (χ1v) is 7.69. The highest BCUT2D eigenvalue weighted by Crippen LogP contribution is 2.29. The number of nitrogens with zero attached hydrogens (tertiary/aromatic N) is 1. The largest absolute Gasteiger partial charge is 0.324 e. The lowest BCUT2D eigenvalue weighted by atomic mass is 10.2. The Labute approximate surface area is 127 Å². The monoisotopic (exact) mass is 308 g/mol. The molecule has 1 aliphatic rings. The summed E-state index contributed by atoms with van der Waals surface area (Å²) in [6.07, 6.45) is 0.722. The zero-order chi connectivity index (χ0) is 14.7. The number of thioether (sulfide) groups is 1. The number of aryl methyl sites for hydroxylation is 1. The van der Waals surface area contributed by atoms with Crippen LogP contribution in [0.1, 0.15) is 18.9 Å². The summed E-state index contributed by atoms with van der Waals surface area (Å²) in [5.41, 5.74) is 1.74. The van der Waals surface area contributed by atoms with Crippen molar-refractivity contribution in [2.24, 2.45) is 0 Å². The fourth-order valence-corrected chi connectivity index (χ4v) is 3.37. The third-order valence-corrected chi connectivity index (χ3v) is 4.85. The topological polar surface area (TPSA) is 49.4 Å². The molecule has 4 nitrogen and oxygen atoms in total. The fourth-order valence-electron chi connectivity index (χ4n) is 1.95. The van der Waals surface area contributed by atoms with Gasteiger partial charge in [0, 0.05) is 5.69 Å². The minimum Gasteiger partial charge on any atom is -0.324 e. The van der Waals surface area contributed by atoms with Crippen LogP contribution in [0.4, 0.5) is 5.69 Å². The van der Waals surface area contributed by atoms with Crippen molar-refractivity contribution in [1.29, 1.82) is 0 Å². The minimum atomic E-state index is -0.229. The van der Waals surface area contributed by atoms with Crippen LogP contribution in [0.3, 0.4) is 0 Å². The Morgan fingerprint density at radius 1 is 1.45 bits per heavy atom. The van der Waals surface area contributed by atoms with Crippen molar-refractivity contribution in [2.45, 2.75) is 25.5 Å². The standard InChI is InChI=1S/C14H16N2O2S2/c1-3-11-13(18)16(14(19)20-11)8-12(17)15-10-7-5-4-6-9(10)2/h4-7,11H,3,8H2,1-2H3,(H,15,17). The third kappa shape index (κ3) is 3.19. The number of thiocarbonyl (C=S) groups is 1. The van der Waals surface area contributed by atoms with Gasteiger partial charge in [-0.25, -0.2) is 0 Å². The van der Waals surface area contributed by atoms with E-state index in [1.54, 1.807) is 0 Å². The number of carbonyl (C=O) groups is 2. The lowest BCUT2D eigenvalue weighted by Gasteiger charge is -2.15. The average molecular weight is 308 g/mol. The Bertz CT molecular complexity index is 560. The molecule has 0 spiro atoms. The Morgan fingerprint density at radius 2 is 2.15 bits per heavy atom. The van der Waals surface area contributed by atoms with Gasteiger partial charge < -0.3 is 5.32 Å². The molecule has 0 radical (unpaired) electrons. The van der Waals surface area contributed by atoms with Crippen LogP contribution >= 0.6 is 24.0 Å². The van der Waals surface area contributed by atoms with E-state index < -0.39 is 0 Å². The van der Waals surface area contributed by atoms with E-state index in [2.05, 4.69) is 5.32 Å². The maximum absolute atomic E-state index is 12.0. The van der Waals surface area contributed by atoms with Crippen molar-refractivity contribution >= 4 is 45.8 Å². The molecule has 0 bridgehead atoms. The van der Waals surface area contributed by atoms with Crippen LogP contribution in [0.15, 0.2) is 24.3 Å². The molecule has 106 valence electrons. The normalized spacial score (nSPS) is 18.5. The highest BCUT2D eigenvalue weighted by atomic mass is 32.2. The summed E-state index contributed by atoms with van der Waals surface area (Å²) in [7, 11) is 0. The van der Waals surface area contributed by atoms with Crippen molar-refractivity contribution in [3.05, 3.63) is 29.8 Å². The molecule has 1 atom stereocenters. The number of hydrogen-bond acceptors (Lipinski definition) is 4. The lowest BCUT2D eigenvalue weighted by Crippen LogP contribution is -2.38. The lowest BCUT2D eigenvalue weighted by molar-refractivity contribution is -0.129. The summed E-state index contributed by atoms with van der Waals surface area (Å²) in [4.78, 5) is 25.5. The van der Waals surface area contributed by atoms with Gasteiger partial charge in [0.15, 0.2) is 0 Å². The van der Waals surface area contributed by atoms with Gasteiger partial charge >= 0.3 is 0 Å². The summed E-state index contributed by atoms with van der Waals surface area (Å²) in [5, 5.41) is 2.66. The summed E-state index contributed by atoms with van der Waals surface area (Å²) in [5.74, 6) is -0.296. The predicted molar refractivity (Wildman–Crippen MR) is 85.8 cm³/mol. The number of para-hydroxylation sites is 1.